The molecular formula is C16H30ClN3O2. The molecule has 128 valence electrons. The van der Waals surface area contributed by atoms with E-state index in [1.54, 1.807) is 0 Å². The standard InChI is InChI=1S/C16H29N3O2.ClH/c1-17-9-5-8-15(20)18-10-12-19(13-11-18)16(21)14-6-3-2-4-7-14;/h14,17H,2-13H2,1H3;1H. The smallest absolute Gasteiger partial charge is 0.225 e. The summed E-state index contributed by atoms with van der Waals surface area (Å²) < 4.78 is 0. The number of halogens is 1. The molecule has 22 heavy (non-hydrogen) atoms. The second kappa shape index (κ2) is 10.1. The first kappa shape index (κ1) is 19.2. The Morgan fingerprint density at radius 3 is 2.18 bits per heavy atom. The average molecular weight is 332 g/mol. The Bertz CT molecular complexity index is 351. The third kappa shape index (κ3) is 5.43. The highest BCUT2D eigenvalue weighted by Crippen LogP contribution is 2.25. The number of nitrogens with one attached hydrogen (secondary N) is 1. The van der Waals surface area contributed by atoms with Gasteiger partial charge in [0.05, 0.1) is 0 Å². The number of nitrogens with zero attached hydrogens (tertiary/aromatic N) is 2. The van der Waals surface area contributed by atoms with Crippen LogP contribution in [0.15, 0.2) is 0 Å². The highest BCUT2D eigenvalue weighted by atomic mass is 35.5. The van der Waals surface area contributed by atoms with Gasteiger partial charge < -0.3 is 15.1 Å². The minimum atomic E-state index is 0. The molecule has 1 N–H and O–H groups in total. The molecule has 6 heteroatoms. The fourth-order valence-corrected chi connectivity index (χ4v) is 3.36. The molecule has 1 aliphatic carbocycles. The summed E-state index contributed by atoms with van der Waals surface area (Å²) in [5.41, 5.74) is 0. The van der Waals surface area contributed by atoms with Crippen molar-refractivity contribution in [1.29, 1.82) is 0 Å². The molecule has 1 aliphatic heterocycles. The van der Waals surface area contributed by atoms with Crippen molar-refractivity contribution >= 4 is 24.2 Å². The van der Waals surface area contributed by atoms with Crippen LogP contribution in [0.5, 0.6) is 0 Å². The quantitative estimate of drug-likeness (QED) is 0.779. The minimum absolute atomic E-state index is 0. The number of amides is 2. The largest absolute Gasteiger partial charge is 0.339 e. The molecular weight excluding hydrogens is 302 g/mol. The van der Waals surface area contributed by atoms with E-state index < -0.39 is 0 Å². The van der Waals surface area contributed by atoms with Gasteiger partial charge >= 0.3 is 0 Å². The SMILES string of the molecule is CNCCCC(=O)N1CCN(C(=O)C2CCCCC2)CC1.Cl. The highest BCUT2D eigenvalue weighted by Gasteiger charge is 2.29. The first-order valence-corrected chi connectivity index (χ1v) is 8.43. The second-order valence-corrected chi connectivity index (χ2v) is 6.25. The van der Waals surface area contributed by atoms with Gasteiger partial charge in [-0.15, -0.1) is 12.4 Å². The summed E-state index contributed by atoms with van der Waals surface area (Å²) in [5.74, 6) is 0.809. The summed E-state index contributed by atoms with van der Waals surface area (Å²) >= 11 is 0. The number of carbonyl (C=O) groups is 2. The lowest BCUT2D eigenvalue weighted by Crippen LogP contribution is -2.52. The predicted molar refractivity (Wildman–Crippen MR) is 90.1 cm³/mol. The van der Waals surface area contributed by atoms with Crippen LogP contribution in [0.4, 0.5) is 0 Å². The van der Waals surface area contributed by atoms with E-state index in [1.165, 1.54) is 19.3 Å². The van der Waals surface area contributed by atoms with Crippen molar-refractivity contribution in [3.8, 4) is 0 Å². The Balaban J connectivity index is 0.00000242. The van der Waals surface area contributed by atoms with E-state index in [9.17, 15) is 9.59 Å². The molecule has 1 heterocycles. The summed E-state index contributed by atoms with van der Waals surface area (Å²) in [6.07, 6.45) is 7.28. The van der Waals surface area contributed by atoms with Crippen molar-refractivity contribution in [2.24, 2.45) is 5.92 Å². The molecule has 0 aromatic carbocycles. The molecule has 2 aliphatic rings. The van der Waals surface area contributed by atoms with Crippen LogP contribution in [-0.2, 0) is 9.59 Å². The van der Waals surface area contributed by atoms with Gasteiger partial charge in [-0.25, -0.2) is 0 Å². The van der Waals surface area contributed by atoms with E-state index in [0.717, 1.165) is 25.8 Å². The first-order valence-electron chi connectivity index (χ1n) is 8.43. The summed E-state index contributed by atoms with van der Waals surface area (Å²) in [6, 6.07) is 0. The van der Waals surface area contributed by atoms with Crippen LogP contribution < -0.4 is 5.32 Å². The number of hydrogen-bond donors (Lipinski definition) is 1. The van der Waals surface area contributed by atoms with Gasteiger partial charge in [0.25, 0.3) is 0 Å². The van der Waals surface area contributed by atoms with Crippen LogP contribution in [-0.4, -0.2) is 61.4 Å². The molecule has 2 amide bonds. The molecule has 1 saturated heterocycles. The first-order chi connectivity index (χ1) is 10.2. The van der Waals surface area contributed by atoms with E-state index in [-0.39, 0.29) is 24.2 Å². The molecule has 2 rings (SSSR count). The van der Waals surface area contributed by atoms with Gasteiger partial charge in [0.1, 0.15) is 0 Å². The normalized spacial score (nSPS) is 19.7. The summed E-state index contributed by atoms with van der Waals surface area (Å²) in [6.45, 7) is 3.72. The fourth-order valence-electron chi connectivity index (χ4n) is 3.36. The summed E-state index contributed by atoms with van der Waals surface area (Å²) in [5, 5.41) is 3.06. The van der Waals surface area contributed by atoms with Crippen LogP contribution in [0, 0.1) is 5.92 Å². The van der Waals surface area contributed by atoms with Gasteiger partial charge in [-0.1, -0.05) is 19.3 Å². The Labute approximate surface area is 140 Å². The fraction of sp³-hybridized carbons (Fsp3) is 0.875. The minimum Gasteiger partial charge on any atom is -0.339 e. The third-order valence-electron chi connectivity index (χ3n) is 4.72. The molecule has 0 aromatic rings. The zero-order valence-electron chi connectivity index (χ0n) is 13.7. The van der Waals surface area contributed by atoms with Crippen LogP contribution in [0.3, 0.4) is 0 Å². The zero-order valence-corrected chi connectivity index (χ0v) is 14.5. The van der Waals surface area contributed by atoms with Gasteiger partial charge in [0, 0.05) is 38.5 Å². The molecule has 0 bridgehead atoms. The maximum absolute atomic E-state index is 12.5. The van der Waals surface area contributed by atoms with Gasteiger partial charge in [-0.05, 0) is 32.9 Å². The lowest BCUT2D eigenvalue weighted by molar-refractivity contribution is -0.142. The van der Waals surface area contributed by atoms with E-state index in [1.807, 2.05) is 16.8 Å². The highest BCUT2D eigenvalue weighted by molar-refractivity contribution is 5.85. The molecule has 0 atom stereocenters. The monoisotopic (exact) mass is 331 g/mol. The molecule has 0 unspecified atom stereocenters. The van der Waals surface area contributed by atoms with Crippen molar-refractivity contribution in [2.45, 2.75) is 44.9 Å². The third-order valence-corrected chi connectivity index (χ3v) is 4.72. The molecule has 0 aromatic heterocycles. The van der Waals surface area contributed by atoms with Gasteiger partial charge in [0.15, 0.2) is 0 Å². The van der Waals surface area contributed by atoms with E-state index >= 15 is 0 Å². The van der Waals surface area contributed by atoms with Crippen LogP contribution in [0.2, 0.25) is 0 Å². The maximum Gasteiger partial charge on any atom is 0.225 e. The van der Waals surface area contributed by atoms with Crippen LogP contribution >= 0.6 is 12.4 Å². The molecule has 0 spiro atoms. The Hall–Kier alpha value is -0.810. The zero-order chi connectivity index (χ0) is 15.1. The molecule has 0 radical (unpaired) electrons. The number of hydrogen-bond acceptors (Lipinski definition) is 3. The Kier molecular flexibility index (Phi) is 8.79. The van der Waals surface area contributed by atoms with Crippen LogP contribution in [0.25, 0.3) is 0 Å². The number of rotatable bonds is 5. The molecule has 1 saturated carbocycles. The summed E-state index contributed by atoms with van der Waals surface area (Å²) in [4.78, 5) is 28.4. The molecule has 5 nitrogen and oxygen atoms in total. The van der Waals surface area contributed by atoms with Crippen molar-refractivity contribution in [3.05, 3.63) is 0 Å². The Morgan fingerprint density at radius 2 is 1.59 bits per heavy atom. The van der Waals surface area contributed by atoms with Crippen molar-refractivity contribution in [3.63, 3.8) is 0 Å². The lowest BCUT2D eigenvalue weighted by Gasteiger charge is -2.37. The summed E-state index contributed by atoms with van der Waals surface area (Å²) in [7, 11) is 1.90. The van der Waals surface area contributed by atoms with Crippen molar-refractivity contribution in [2.75, 3.05) is 39.8 Å². The number of piperazine rings is 1. The van der Waals surface area contributed by atoms with Gasteiger partial charge in [-0.2, -0.15) is 0 Å². The van der Waals surface area contributed by atoms with Gasteiger partial charge in [-0.3, -0.25) is 9.59 Å². The topological polar surface area (TPSA) is 52.7 Å². The van der Waals surface area contributed by atoms with Crippen LogP contribution in [0.1, 0.15) is 44.9 Å². The Morgan fingerprint density at radius 1 is 1.00 bits per heavy atom. The maximum atomic E-state index is 12.5. The average Bonchev–Trinajstić information content (AvgIpc) is 2.55. The van der Waals surface area contributed by atoms with E-state index in [4.69, 9.17) is 0 Å². The van der Waals surface area contributed by atoms with Crippen molar-refractivity contribution < 1.29 is 9.59 Å². The lowest BCUT2D eigenvalue weighted by atomic mass is 9.88. The second-order valence-electron chi connectivity index (χ2n) is 6.25. The van der Waals surface area contributed by atoms with Crippen molar-refractivity contribution in [1.82, 2.24) is 15.1 Å². The number of carbonyl (C=O) groups excluding carboxylic acids is 2. The van der Waals surface area contributed by atoms with E-state index in [2.05, 4.69) is 5.32 Å². The van der Waals surface area contributed by atoms with E-state index in [0.29, 0.717) is 38.5 Å². The predicted octanol–water partition coefficient (Wildman–Crippen LogP) is 1.66. The molecule has 2 fully saturated rings. The van der Waals surface area contributed by atoms with Gasteiger partial charge in [0.2, 0.25) is 11.8 Å².